The molecule has 0 radical (unpaired) electrons. The smallest absolute Gasteiger partial charge is 0.174 e. The molecule has 0 amide bonds. The molecule has 0 saturated heterocycles. The number of benzene rings is 3. The summed E-state index contributed by atoms with van der Waals surface area (Å²) < 4.78 is 12.9. The fourth-order valence-electron chi connectivity index (χ4n) is 2.68. The molecule has 3 aromatic rings. The van der Waals surface area contributed by atoms with Gasteiger partial charge in [-0.3, -0.25) is 0 Å². The van der Waals surface area contributed by atoms with Crippen molar-refractivity contribution in [1.82, 2.24) is 0 Å². The molecule has 0 aromatic heterocycles. The predicted octanol–water partition coefficient (Wildman–Crippen LogP) is 7.19. The molecule has 6 heteroatoms. The minimum Gasteiger partial charge on any atom is -0.490 e. The Morgan fingerprint density at radius 3 is 2.46 bits per heavy atom. The Hall–Kier alpha value is -1.63. The van der Waals surface area contributed by atoms with Crippen LogP contribution in [0.4, 0.5) is 5.69 Å². The van der Waals surface area contributed by atoms with Crippen molar-refractivity contribution in [2.75, 3.05) is 11.9 Å². The van der Waals surface area contributed by atoms with Crippen LogP contribution in [-0.2, 0) is 13.2 Å². The Kier molecular flexibility index (Phi) is 7.71. The maximum atomic E-state index is 6.26. The molecule has 28 heavy (non-hydrogen) atoms. The molecule has 3 nitrogen and oxygen atoms in total. The Labute approximate surface area is 189 Å². The molecule has 0 fully saturated rings. The van der Waals surface area contributed by atoms with Gasteiger partial charge in [-0.05, 0) is 71.5 Å². The van der Waals surface area contributed by atoms with Crippen molar-refractivity contribution in [3.63, 3.8) is 0 Å². The van der Waals surface area contributed by atoms with E-state index in [1.807, 2.05) is 49.4 Å². The molecule has 146 valence electrons. The first-order valence-electron chi connectivity index (χ1n) is 8.87. The highest BCUT2D eigenvalue weighted by molar-refractivity contribution is 14.1. The van der Waals surface area contributed by atoms with Gasteiger partial charge in [0.15, 0.2) is 11.5 Å². The van der Waals surface area contributed by atoms with E-state index in [0.29, 0.717) is 29.8 Å². The van der Waals surface area contributed by atoms with E-state index in [1.165, 1.54) is 0 Å². The van der Waals surface area contributed by atoms with Gasteiger partial charge < -0.3 is 14.8 Å². The number of hydrogen-bond acceptors (Lipinski definition) is 3. The predicted molar refractivity (Wildman–Crippen MR) is 125 cm³/mol. The zero-order valence-corrected chi connectivity index (χ0v) is 19.0. The van der Waals surface area contributed by atoms with Crippen LogP contribution in [0.3, 0.4) is 0 Å². The van der Waals surface area contributed by atoms with Crippen molar-refractivity contribution in [3.8, 4) is 11.5 Å². The molecule has 3 rings (SSSR count). The lowest BCUT2D eigenvalue weighted by Gasteiger charge is -2.16. The second kappa shape index (κ2) is 10.2. The maximum absolute atomic E-state index is 6.26. The molecule has 0 spiro atoms. The maximum Gasteiger partial charge on any atom is 0.174 e. The molecule has 1 N–H and O–H groups in total. The van der Waals surface area contributed by atoms with Crippen LogP contribution >= 0.6 is 45.8 Å². The van der Waals surface area contributed by atoms with Crippen molar-refractivity contribution >= 4 is 51.5 Å². The van der Waals surface area contributed by atoms with Crippen molar-refractivity contribution in [1.29, 1.82) is 0 Å². The van der Waals surface area contributed by atoms with Crippen LogP contribution in [0.15, 0.2) is 60.7 Å². The lowest BCUT2D eigenvalue weighted by atomic mass is 10.2. The van der Waals surface area contributed by atoms with Gasteiger partial charge in [-0.15, -0.1) is 0 Å². The van der Waals surface area contributed by atoms with E-state index in [1.54, 1.807) is 12.1 Å². The highest BCUT2D eigenvalue weighted by Crippen LogP contribution is 2.35. The fourth-order valence-corrected chi connectivity index (χ4v) is 3.96. The topological polar surface area (TPSA) is 30.5 Å². The molecule has 0 aliphatic carbocycles. The Balaban J connectivity index is 1.76. The summed E-state index contributed by atoms with van der Waals surface area (Å²) >= 11 is 14.5. The molecule has 3 aromatic carbocycles. The number of hydrogen-bond donors (Lipinski definition) is 1. The number of nitrogens with one attached hydrogen (secondary N) is 1. The average Bonchev–Trinajstić information content (AvgIpc) is 2.68. The first kappa shape index (κ1) is 21.1. The van der Waals surface area contributed by atoms with Crippen LogP contribution in [0.1, 0.15) is 18.1 Å². The summed E-state index contributed by atoms with van der Waals surface area (Å²) in [6, 6.07) is 19.6. The second-order valence-electron chi connectivity index (χ2n) is 6.08. The third-order valence-corrected chi connectivity index (χ3v) is 5.41. The highest BCUT2D eigenvalue weighted by atomic mass is 127. The van der Waals surface area contributed by atoms with Crippen LogP contribution in [0, 0.1) is 3.57 Å². The van der Waals surface area contributed by atoms with E-state index in [0.717, 1.165) is 31.9 Å². The first-order valence-corrected chi connectivity index (χ1v) is 10.7. The Morgan fingerprint density at radius 2 is 1.75 bits per heavy atom. The summed E-state index contributed by atoms with van der Waals surface area (Å²) in [5, 5.41) is 4.61. The van der Waals surface area contributed by atoms with Crippen molar-refractivity contribution in [2.24, 2.45) is 0 Å². The number of rotatable bonds is 8. The number of anilines is 1. The van der Waals surface area contributed by atoms with E-state index in [2.05, 4.69) is 34.0 Å². The third kappa shape index (κ3) is 5.69. The van der Waals surface area contributed by atoms with E-state index in [4.69, 9.17) is 32.7 Å². The molecular formula is C22H20Cl2INO2. The monoisotopic (exact) mass is 527 g/mol. The summed E-state index contributed by atoms with van der Waals surface area (Å²) in [5.41, 5.74) is 3.07. The van der Waals surface area contributed by atoms with Crippen LogP contribution in [0.5, 0.6) is 11.5 Å². The summed E-state index contributed by atoms with van der Waals surface area (Å²) in [6.07, 6.45) is 0. The van der Waals surface area contributed by atoms with Crippen LogP contribution < -0.4 is 14.8 Å². The van der Waals surface area contributed by atoms with Gasteiger partial charge >= 0.3 is 0 Å². The lowest BCUT2D eigenvalue weighted by molar-refractivity contribution is 0.267. The molecular weight excluding hydrogens is 508 g/mol. The number of ether oxygens (including phenoxy) is 2. The van der Waals surface area contributed by atoms with Crippen molar-refractivity contribution in [2.45, 2.75) is 20.1 Å². The van der Waals surface area contributed by atoms with Crippen LogP contribution in [0.25, 0.3) is 0 Å². The minimum absolute atomic E-state index is 0.341. The van der Waals surface area contributed by atoms with E-state index >= 15 is 0 Å². The fraction of sp³-hybridized carbons (Fsp3) is 0.182. The van der Waals surface area contributed by atoms with E-state index in [9.17, 15) is 0 Å². The summed E-state index contributed by atoms with van der Waals surface area (Å²) in [4.78, 5) is 0. The van der Waals surface area contributed by atoms with Gasteiger partial charge in [-0.2, -0.15) is 0 Å². The highest BCUT2D eigenvalue weighted by Gasteiger charge is 2.13. The first-order chi connectivity index (χ1) is 13.6. The van der Waals surface area contributed by atoms with Gasteiger partial charge in [0.1, 0.15) is 6.61 Å². The van der Waals surface area contributed by atoms with Gasteiger partial charge in [0, 0.05) is 27.8 Å². The third-order valence-electron chi connectivity index (χ3n) is 4.03. The van der Waals surface area contributed by atoms with Gasteiger partial charge in [0.05, 0.1) is 10.2 Å². The molecule has 0 atom stereocenters. The van der Waals surface area contributed by atoms with Crippen LogP contribution in [0.2, 0.25) is 10.0 Å². The molecule has 0 unspecified atom stereocenters. The van der Waals surface area contributed by atoms with E-state index < -0.39 is 0 Å². The van der Waals surface area contributed by atoms with E-state index in [-0.39, 0.29) is 0 Å². The quantitative estimate of drug-likeness (QED) is 0.314. The lowest BCUT2D eigenvalue weighted by Crippen LogP contribution is -2.05. The van der Waals surface area contributed by atoms with Gasteiger partial charge in [-0.1, -0.05) is 47.5 Å². The summed E-state index contributed by atoms with van der Waals surface area (Å²) in [6.45, 7) is 3.56. The zero-order chi connectivity index (χ0) is 19.9. The molecule has 0 aliphatic heterocycles. The van der Waals surface area contributed by atoms with Crippen molar-refractivity contribution < 1.29 is 9.47 Å². The second-order valence-corrected chi connectivity index (χ2v) is 8.09. The largest absolute Gasteiger partial charge is 0.490 e. The van der Waals surface area contributed by atoms with Crippen LogP contribution in [-0.4, -0.2) is 6.61 Å². The molecule has 0 bridgehead atoms. The summed E-state index contributed by atoms with van der Waals surface area (Å²) in [5.74, 6) is 1.45. The van der Waals surface area contributed by atoms with Gasteiger partial charge in [-0.25, -0.2) is 0 Å². The van der Waals surface area contributed by atoms with Gasteiger partial charge in [0.2, 0.25) is 0 Å². The number of halogens is 3. The molecule has 0 heterocycles. The normalized spacial score (nSPS) is 10.6. The Bertz CT molecular complexity index is 935. The Morgan fingerprint density at radius 1 is 0.964 bits per heavy atom. The molecule has 0 aliphatic rings. The van der Waals surface area contributed by atoms with Crippen molar-refractivity contribution in [3.05, 3.63) is 85.4 Å². The summed E-state index contributed by atoms with van der Waals surface area (Å²) in [7, 11) is 0. The minimum atomic E-state index is 0.341. The van der Waals surface area contributed by atoms with Gasteiger partial charge in [0.25, 0.3) is 0 Å². The molecule has 0 saturated carbocycles. The number of para-hydroxylation sites is 1. The SMILES string of the molecule is CCOc1cc(CNc2ccccc2)cc(I)c1OCc1ccc(Cl)cc1Cl. The zero-order valence-electron chi connectivity index (χ0n) is 15.3. The average molecular weight is 528 g/mol. The standard InChI is InChI=1S/C22H20Cl2INO2/c1-2-27-21-11-15(13-26-18-6-4-3-5-7-18)10-20(25)22(21)28-14-16-8-9-17(23)12-19(16)24/h3-12,26H,2,13-14H2,1H3.